The molecule has 1 rings (SSSR count). The van der Waals surface area contributed by atoms with Crippen molar-refractivity contribution in [2.75, 3.05) is 0 Å². The number of carbonyl (C=O) groups is 2. The lowest BCUT2D eigenvalue weighted by atomic mass is 10.0. The Kier molecular flexibility index (Phi) is 3.33. The summed E-state index contributed by atoms with van der Waals surface area (Å²) in [6.45, 7) is 0. The summed E-state index contributed by atoms with van der Waals surface area (Å²) in [7, 11) is 0. The molecule has 0 saturated heterocycles. The normalized spacial score (nSPS) is 9.25. The van der Waals surface area contributed by atoms with Crippen LogP contribution in [0.15, 0.2) is 12.1 Å². The van der Waals surface area contributed by atoms with Gasteiger partial charge in [-0.2, -0.15) is 5.26 Å². The highest BCUT2D eigenvalue weighted by Crippen LogP contribution is 2.25. The Hall–Kier alpha value is -2.26. The molecule has 0 aliphatic rings. The number of hydrogen-bond acceptors (Lipinski definition) is 5. The van der Waals surface area contributed by atoms with Crippen molar-refractivity contribution in [1.29, 1.82) is 5.26 Å². The third-order valence-electron chi connectivity index (χ3n) is 1.85. The Balaban J connectivity index is 3.71. The van der Waals surface area contributed by atoms with Gasteiger partial charge in [0, 0.05) is 6.07 Å². The fourth-order valence-electron chi connectivity index (χ4n) is 1.19. The number of benzene rings is 1. The standard InChI is InChI=1S/C9H3ClN2O4/c10-9(14)8-5(3-11)1-2-7(12(15)16)6(8)4-13/h1-2,4H. The summed E-state index contributed by atoms with van der Waals surface area (Å²) >= 11 is 5.18. The summed E-state index contributed by atoms with van der Waals surface area (Å²) in [5.74, 6) is 0. The predicted octanol–water partition coefficient (Wildman–Crippen LogP) is 1.66. The minimum Gasteiger partial charge on any atom is -0.298 e. The smallest absolute Gasteiger partial charge is 0.280 e. The zero-order valence-electron chi connectivity index (χ0n) is 7.64. The van der Waals surface area contributed by atoms with E-state index in [-0.39, 0.29) is 11.8 Å². The summed E-state index contributed by atoms with van der Waals surface area (Å²) in [5, 5.41) is 18.2. The summed E-state index contributed by atoms with van der Waals surface area (Å²) in [5.41, 5.74) is -1.65. The molecule has 0 N–H and O–H groups in total. The van der Waals surface area contributed by atoms with Crippen LogP contribution in [0, 0.1) is 21.4 Å². The van der Waals surface area contributed by atoms with Gasteiger partial charge in [-0.3, -0.25) is 19.7 Å². The Morgan fingerprint density at radius 1 is 1.56 bits per heavy atom. The van der Waals surface area contributed by atoms with Gasteiger partial charge in [-0.15, -0.1) is 0 Å². The van der Waals surface area contributed by atoms with Crippen molar-refractivity contribution in [1.82, 2.24) is 0 Å². The molecule has 0 saturated carbocycles. The third kappa shape index (κ3) is 1.89. The molecule has 16 heavy (non-hydrogen) atoms. The van der Waals surface area contributed by atoms with Gasteiger partial charge >= 0.3 is 0 Å². The lowest BCUT2D eigenvalue weighted by Gasteiger charge is -2.02. The van der Waals surface area contributed by atoms with Gasteiger partial charge in [-0.05, 0) is 17.7 Å². The lowest BCUT2D eigenvalue weighted by molar-refractivity contribution is -0.385. The van der Waals surface area contributed by atoms with E-state index < -0.39 is 27.0 Å². The topological polar surface area (TPSA) is 101 Å². The van der Waals surface area contributed by atoms with Crippen molar-refractivity contribution in [3.05, 3.63) is 38.9 Å². The number of nitrogens with zero attached hydrogens (tertiary/aromatic N) is 2. The van der Waals surface area contributed by atoms with E-state index in [9.17, 15) is 19.7 Å². The van der Waals surface area contributed by atoms with Crippen LogP contribution in [0.4, 0.5) is 5.69 Å². The summed E-state index contributed by atoms with van der Waals surface area (Å²) < 4.78 is 0. The van der Waals surface area contributed by atoms with Gasteiger partial charge in [-0.25, -0.2) is 0 Å². The molecular formula is C9H3ClN2O4. The number of halogens is 1. The minimum atomic E-state index is -1.08. The quantitative estimate of drug-likeness (QED) is 0.345. The molecule has 80 valence electrons. The fraction of sp³-hybridized carbons (Fsp3) is 0. The van der Waals surface area contributed by atoms with E-state index in [0.717, 1.165) is 12.1 Å². The van der Waals surface area contributed by atoms with Crippen LogP contribution in [0.3, 0.4) is 0 Å². The predicted molar refractivity (Wildman–Crippen MR) is 53.4 cm³/mol. The van der Waals surface area contributed by atoms with E-state index in [2.05, 4.69) is 0 Å². The van der Waals surface area contributed by atoms with E-state index in [1.54, 1.807) is 6.07 Å². The fourth-order valence-corrected chi connectivity index (χ4v) is 1.40. The van der Waals surface area contributed by atoms with Crippen molar-refractivity contribution in [3.63, 3.8) is 0 Å². The first-order valence-corrected chi connectivity index (χ1v) is 4.27. The molecule has 0 spiro atoms. The van der Waals surface area contributed by atoms with Gasteiger partial charge in [0.1, 0.15) is 5.56 Å². The van der Waals surface area contributed by atoms with Crippen molar-refractivity contribution >= 4 is 28.8 Å². The van der Waals surface area contributed by atoms with Crippen LogP contribution in [0.25, 0.3) is 0 Å². The highest BCUT2D eigenvalue weighted by molar-refractivity contribution is 6.68. The first-order chi connectivity index (χ1) is 7.52. The van der Waals surface area contributed by atoms with Gasteiger partial charge in [0.2, 0.25) is 0 Å². The zero-order chi connectivity index (χ0) is 12.3. The molecule has 0 aromatic heterocycles. The molecule has 0 aliphatic heterocycles. The maximum absolute atomic E-state index is 11.0. The van der Waals surface area contributed by atoms with Crippen molar-refractivity contribution < 1.29 is 14.5 Å². The van der Waals surface area contributed by atoms with Crippen molar-refractivity contribution in [2.45, 2.75) is 0 Å². The summed E-state index contributed by atoms with van der Waals surface area (Å²) in [4.78, 5) is 31.5. The van der Waals surface area contributed by atoms with E-state index in [1.165, 1.54) is 0 Å². The molecule has 0 bridgehead atoms. The van der Waals surface area contributed by atoms with Crippen molar-refractivity contribution in [3.8, 4) is 6.07 Å². The monoisotopic (exact) mass is 238 g/mol. The van der Waals surface area contributed by atoms with Crippen molar-refractivity contribution in [2.24, 2.45) is 0 Å². The van der Waals surface area contributed by atoms with Crippen LogP contribution in [0.5, 0.6) is 0 Å². The molecule has 0 atom stereocenters. The molecule has 0 unspecified atom stereocenters. The number of nitriles is 1. The van der Waals surface area contributed by atoms with Gasteiger partial charge in [-0.1, -0.05) is 0 Å². The maximum atomic E-state index is 11.0. The SMILES string of the molecule is N#Cc1ccc([N+](=O)[O-])c(C=O)c1C(=O)Cl. The first-order valence-electron chi connectivity index (χ1n) is 3.89. The van der Waals surface area contributed by atoms with Gasteiger partial charge in [0.25, 0.3) is 10.9 Å². The van der Waals surface area contributed by atoms with E-state index in [1.807, 2.05) is 0 Å². The second-order valence-corrected chi connectivity index (χ2v) is 3.02. The third-order valence-corrected chi connectivity index (χ3v) is 2.04. The van der Waals surface area contributed by atoms with Gasteiger partial charge < -0.3 is 0 Å². The average molecular weight is 239 g/mol. The Labute approximate surface area is 94.2 Å². The highest BCUT2D eigenvalue weighted by Gasteiger charge is 2.23. The molecule has 0 aliphatic carbocycles. The van der Waals surface area contributed by atoms with Crippen LogP contribution in [-0.4, -0.2) is 16.5 Å². The molecule has 7 heteroatoms. The molecular weight excluding hydrogens is 236 g/mol. The molecule has 0 amide bonds. The second kappa shape index (κ2) is 4.51. The van der Waals surface area contributed by atoms with Crippen LogP contribution >= 0.6 is 11.6 Å². The van der Waals surface area contributed by atoms with Crippen LogP contribution in [-0.2, 0) is 0 Å². The minimum absolute atomic E-state index is 0.134. The summed E-state index contributed by atoms with van der Waals surface area (Å²) in [6.07, 6.45) is 0.134. The molecule has 0 radical (unpaired) electrons. The number of aldehydes is 1. The molecule has 0 heterocycles. The van der Waals surface area contributed by atoms with Crippen LogP contribution in [0.2, 0.25) is 0 Å². The Morgan fingerprint density at radius 3 is 2.56 bits per heavy atom. The number of rotatable bonds is 3. The van der Waals surface area contributed by atoms with E-state index in [4.69, 9.17) is 16.9 Å². The molecule has 1 aromatic carbocycles. The van der Waals surface area contributed by atoms with Crippen LogP contribution in [0.1, 0.15) is 26.3 Å². The molecule has 0 fully saturated rings. The molecule has 1 aromatic rings. The van der Waals surface area contributed by atoms with Gasteiger partial charge in [0.05, 0.1) is 22.1 Å². The average Bonchev–Trinajstić information content (AvgIpc) is 2.26. The van der Waals surface area contributed by atoms with Gasteiger partial charge in [0.15, 0.2) is 6.29 Å². The Morgan fingerprint density at radius 2 is 2.19 bits per heavy atom. The molecule has 6 nitrogen and oxygen atoms in total. The number of nitro benzene ring substituents is 1. The van der Waals surface area contributed by atoms with E-state index in [0.29, 0.717) is 0 Å². The zero-order valence-corrected chi connectivity index (χ0v) is 8.39. The summed E-state index contributed by atoms with van der Waals surface area (Å²) in [6, 6.07) is 3.68. The Bertz CT molecular complexity index is 533. The first kappa shape index (κ1) is 11.8. The number of hydrogen-bond donors (Lipinski definition) is 0. The number of carbonyl (C=O) groups excluding carboxylic acids is 2. The lowest BCUT2D eigenvalue weighted by Crippen LogP contribution is -2.05. The highest BCUT2D eigenvalue weighted by atomic mass is 35.5. The number of nitro groups is 1. The van der Waals surface area contributed by atoms with E-state index >= 15 is 0 Å². The maximum Gasteiger partial charge on any atom is 0.280 e. The second-order valence-electron chi connectivity index (χ2n) is 2.68. The largest absolute Gasteiger partial charge is 0.298 e. The van der Waals surface area contributed by atoms with Crippen LogP contribution < -0.4 is 0 Å².